The van der Waals surface area contributed by atoms with Crippen LogP contribution in [0.15, 0.2) is 54.7 Å². The molecule has 0 bridgehead atoms. The van der Waals surface area contributed by atoms with Crippen LogP contribution in [-0.2, 0) is 0 Å². The molecule has 3 N–H and O–H groups in total. The van der Waals surface area contributed by atoms with Crippen LogP contribution in [0.3, 0.4) is 0 Å². The third kappa shape index (κ3) is 3.93. The van der Waals surface area contributed by atoms with Crippen molar-refractivity contribution in [3.63, 3.8) is 0 Å². The van der Waals surface area contributed by atoms with Crippen LogP contribution in [0.4, 0.5) is 4.79 Å². The van der Waals surface area contributed by atoms with Gasteiger partial charge in [0, 0.05) is 42.1 Å². The molecule has 4 rings (SSSR count). The van der Waals surface area contributed by atoms with Crippen molar-refractivity contribution in [3.05, 3.63) is 65.9 Å². The quantitative estimate of drug-likeness (QED) is 0.621. The maximum absolute atomic E-state index is 12.7. The number of likely N-dealkylation sites (tertiary alicyclic amines) is 1. The topological polar surface area (TPSA) is 77.6 Å². The minimum Gasteiger partial charge on any atom is -0.497 e. The van der Waals surface area contributed by atoms with E-state index in [9.17, 15) is 9.90 Å². The summed E-state index contributed by atoms with van der Waals surface area (Å²) in [6, 6.07) is 16.1. The molecule has 152 valence electrons. The Labute approximate surface area is 170 Å². The molecule has 2 amide bonds. The molecule has 0 spiro atoms. The summed E-state index contributed by atoms with van der Waals surface area (Å²) < 4.78 is 5.29. The number of H-pyrrole nitrogens is 1. The number of aliphatic hydroxyl groups is 1. The van der Waals surface area contributed by atoms with Crippen molar-refractivity contribution < 1.29 is 14.6 Å². The fourth-order valence-electron chi connectivity index (χ4n) is 4.20. The Hall–Kier alpha value is -2.99. The van der Waals surface area contributed by atoms with Crippen molar-refractivity contribution in [1.29, 1.82) is 0 Å². The van der Waals surface area contributed by atoms with Crippen molar-refractivity contribution in [3.8, 4) is 5.75 Å². The van der Waals surface area contributed by atoms with Gasteiger partial charge >= 0.3 is 6.03 Å². The van der Waals surface area contributed by atoms with Gasteiger partial charge in [0.1, 0.15) is 5.75 Å². The SMILES string of the molecule is COc1ccc(C(CNC(=O)N2CC(O)CC2C)c2c[nH]c3ccccc23)cc1. The highest BCUT2D eigenvalue weighted by molar-refractivity contribution is 5.84. The van der Waals surface area contributed by atoms with Gasteiger partial charge in [0.2, 0.25) is 0 Å². The Morgan fingerprint density at radius 3 is 2.72 bits per heavy atom. The van der Waals surface area contributed by atoms with Gasteiger partial charge < -0.3 is 25.0 Å². The molecule has 0 saturated carbocycles. The van der Waals surface area contributed by atoms with Crippen molar-refractivity contribution >= 4 is 16.9 Å². The summed E-state index contributed by atoms with van der Waals surface area (Å²) in [5.74, 6) is 0.791. The number of ether oxygens (including phenoxy) is 1. The number of hydrogen-bond donors (Lipinski definition) is 3. The van der Waals surface area contributed by atoms with E-state index in [0.717, 1.165) is 27.8 Å². The number of aliphatic hydroxyl groups excluding tert-OH is 1. The number of nitrogens with one attached hydrogen (secondary N) is 2. The average Bonchev–Trinajstić information content (AvgIpc) is 3.31. The van der Waals surface area contributed by atoms with E-state index in [1.807, 2.05) is 49.5 Å². The van der Waals surface area contributed by atoms with Crippen LogP contribution in [-0.4, -0.2) is 53.4 Å². The molecule has 0 radical (unpaired) electrons. The molecule has 3 atom stereocenters. The number of hydrogen-bond acceptors (Lipinski definition) is 3. The zero-order valence-corrected chi connectivity index (χ0v) is 16.8. The molecule has 2 aromatic carbocycles. The molecule has 0 aliphatic carbocycles. The summed E-state index contributed by atoms with van der Waals surface area (Å²) in [6.45, 7) is 2.82. The number of carbonyl (C=O) groups is 1. The fraction of sp³-hybridized carbons (Fsp3) is 0.348. The molecule has 3 aromatic rings. The molecular formula is C23H27N3O3. The summed E-state index contributed by atoms with van der Waals surface area (Å²) in [5, 5.41) is 14.1. The molecule has 1 aliphatic heterocycles. The Bertz CT molecular complexity index is 982. The number of para-hydroxylation sites is 1. The van der Waals surface area contributed by atoms with E-state index in [0.29, 0.717) is 19.5 Å². The van der Waals surface area contributed by atoms with Gasteiger partial charge in [-0.25, -0.2) is 4.79 Å². The lowest BCUT2D eigenvalue weighted by atomic mass is 9.91. The predicted octanol–water partition coefficient (Wildman–Crippen LogP) is 3.47. The second kappa shape index (κ2) is 8.17. The number of carbonyl (C=O) groups excluding carboxylic acids is 1. The highest BCUT2D eigenvalue weighted by Gasteiger charge is 2.31. The van der Waals surface area contributed by atoms with E-state index >= 15 is 0 Å². The molecule has 2 heterocycles. The molecule has 29 heavy (non-hydrogen) atoms. The molecule has 1 fully saturated rings. The highest BCUT2D eigenvalue weighted by atomic mass is 16.5. The van der Waals surface area contributed by atoms with E-state index < -0.39 is 6.10 Å². The number of methoxy groups -OCH3 is 1. The third-order valence-corrected chi connectivity index (χ3v) is 5.79. The summed E-state index contributed by atoms with van der Waals surface area (Å²) in [6.07, 6.45) is 2.20. The smallest absolute Gasteiger partial charge is 0.317 e. The normalized spacial score (nSPS) is 20.0. The predicted molar refractivity (Wildman–Crippen MR) is 113 cm³/mol. The minimum absolute atomic E-state index is 0.0103. The number of aromatic nitrogens is 1. The van der Waals surface area contributed by atoms with Crippen LogP contribution >= 0.6 is 0 Å². The fourth-order valence-corrected chi connectivity index (χ4v) is 4.20. The van der Waals surface area contributed by atoms with Gasteiger partial charge in [-0.1, -0.05) is 30.3 Å². The number of aromatic amines is 1. The van der Waals surface area contributed by atoms with Crippen molar-refractivity contribution in [2.45, 2.75) is 31.4 Å². The van der Waals surface area contributed by atoms with Gasteiger partial charge in [0.25, 0.3) is 0 Å². The standard InChI is InChI=1S/C23H27N3O3/c1-15-11-17(27)14-26(15)23(28)25-12-20(16-7-9-18(29-2)10-8-16)21-13-24-22-6-4-3-5-19(21)22/h3-10,13,15,17,20,24,27H,11-12,14H2,1-2H3,(H,25,28). The Balaban J connectivity index is 1.60. The number of β-amino-alcohol motifs (C(OH)–C–C–N with tert-alkyl or cyclic N) is 1. The zero-order valence-electron chi connectivity index (χ0n) is 16.8. The van der Waals surface area contributed by atoms with Crippen molar-refractivity contribution in [2.24, 2.45) is 0 Å². The summed E-state index contributed by atoms with van der Waals surface area (Å²) in [7, 11) is 1.65. The number of fused-ring (bicyclic) bond motifs is 1. The number of urea groups is 1. The lowest BCUT2D eigenvalue weighted by Gasteiger charge is -2.24. The number of benzene rings is 2. The van der Waals surface area contributed by atoms with Gasteiger partial charge in [0.05, 0.1) is 13.2 Å². The van der Waals surface area contributed by atoms with Crippen LogP contribution in [0.5, 0.6) is 5.75 Å². The number of amides is 2. The molecule has 6 nitrogen and oxygen atoms in total. The molecule has 1 saturated heterocycles. The van der Waals surface area contributed by atoms with Gasteiger partial charge in [-0.2, -0.15) is 0 Å². The number of nitrogens with zero attached hydrogens (tertiary/aromatic N) is 1. The Morgan fingerprint density at radius 2 is 2.03 bits per heavy atom. The molecular weight excluding hydrogens is 366 g/mol. The van der Waals surface area contributed by atoms with E-state index in [1.165, 1.54) is 0 Å². The highest BCUT2D eigenvalue weighted by Crippen LogP contribution is 2.31. The van der Waals surface area contributed by atoms with Crippen LogP contribution in [0.25, 0.3) is 10.9 Å². The average molecular weight is 393 g/mol. The molecule has 3 unspecified atom stereocenters. The monoisotopic (exact) mass is 393 g/mol. The summed E-state index contributed by atoms with van der Waals surface area (Å²) in [5.41, 5.74) is 3.31. The zero-order chi connectivity index (χ0) is 20.4. The Morgan fingerprint density at radius 1 is 1.28 bits per heavy atom. The van der Waals surface area contributed by atoms with Gasteiger partial charge in [-0.3, -0.25) is 0 Å². The van der Waals surface area contributed by atoms with E-state index in [-0.39, 0.29) is 18.0 Å². The van der Waals surface area contributed by atoms with Crippen molar-refractivity contribution in [2.75, 3.05) is 20.2 Å². The van der Waals surface area contributed by atoms with Gasteiger partial charge in [-0.05, 0) is 42.7 Å². The van der Waals surface area contributed by atoms with Gasteiger partial charge in [-0.15, -0.1) is 0 Å². The van der Waals surface area contributed by atoms with Gasteiger partial charge in [0.15, 0.2) is 0 Å². The summed E-state index contributed by atoms with van der Waals surface area (Å²) >= 11 is 0. The van der Waals surface area contributed by atoms with E-state index in [1.54, 1.807) is 12.0 Å². The maximum Gasteiger partial charge on any atom is 0.317 e. The van der Waals surface area contributed by atoms with Crippen LogP contribution in [0.1, 0.15) is 30.4 Å². The van der Waals surface area contributed by atoms with Crippen LogP contribution in [0.2, 0.25) is 0 Å². The van der Waals surface area contributed by atoms with E-state index in [2.05, 4.69) is 22.4 Å². The first kappa shape index (κ1) is 19.3. The maximum atomic E-state index is 12.7. The number of rotatable bonds is 5. The molecule has 6 heteroatoms. The third-order valence-electron chi connectivity index (χ3n) is 5.79. The lowest BCUT2D eigenvalue weighted by molar-refractivity contribution is 0.170. The molecule has 1 aromatic heterocycles. The second-order valence-corrected chi connectivity index (χ2v) is 7.69. The largest absolute Gasteiger partial charge is 0.497 e. The minimum atomic E-state index is -0.443. The second-order valence-electron chi connectivity index (χ2n) is 7.69. The Kier molecular flexibility index (Phi) is 5.45. The van der Waals surface area contributed by atoms with Crippen LogP contribution in [0, 0.1) is 0 Å². The lowest BCUT2D eigenvalue weighted by Crippen LogP contribution is -2.43. The first-order valence-electron chi connectivity index (χ1n) is 9.99. The molecule has 1 aliphatic rings. The first-order valence-corrected chi connectivity index (χ1v) is 9.99. The summed E-state index contributed by atoms with van der Waals surface area (Å²) in [4.78, 5) is 17.8. The van der Waals surface area contributed by atoms with E-state index in [4.69, 9.17) is 4.74 Å². The first-order chi connectivity index (χ1) is 14.1. The van der Waals surface area contributed by atoms with Crippen LogP contribution < -0.4 is 10.1 Å². The van der Waals surface area contributed by atoms with Crippen molar-refractivity contribution in [1.82, 2.24) is 15.2 Å².